The van der Waals surface area contributed by atoms with E-state index in [0.29, 0.717) is 21.9 Å². The predicted octanol–water partition coefficient (Wildman–Crippen LogP) is 2.96. The van der Waals surface area contributed by atoms with Crippen LogP contribution in [0.4, 0.5) is 11.5 Å². The number of carbonyl (C=O) groups is 3. The third-order valence-corrected chi connectivity index (χ3v) is 5.92. The zero-order chi connectivity index (χ0) is 26.9. The number of amides is 3. The van der Waals surface area contributed by atoms with Gasteiger partial charge in [0.05, 0.1) is 29.9 Å². The van der Waals surface area contributed by atoms with Crippen molar-refractivity contribution in [2.75, 3.05) is 38.4 Å². The van der Waals surface area contributed by atoms with E-state index in [0.717, 1.165) is 0 Å². The molecule has 0 saturated heterocycles. The zero-order valence-electron chi connectivity index (χ0n) is 20.3. The summed E-state index contributed by atoms with van der Waals surface area (Å²) in [6, 6.07) is 14.1. The SMILES string of the molecule is COc1ccc(NC(=O)c2ccc(C=[S-](=O)NC(=O)CN(C)C)cc2)c(C(=O)Nc2ccc(Cl)cn2)c1. The Morgan fingerprint density at radius 3 is 2.38 bits per heavy atom. The van der Waals surface area contributed by atoms with Crippen molar-refractivity contribution >= 4 is 56.8 Å². The Labute approximate surface area is 221 Å². The number of rotatable bonds is 9. The van der Waals surface area contributed by atoms with Crippen LogP contribution in [0.2, 0.25) is 5.02 Å². The van der Waals surface area contributed by atoms with Crippen molar-refractivity contribution in [3.8, 4) is 5.75 Å². The molecular formula is C25H25ClN5O5S-. The molecule has 12 heteroatoms. The first-order valence-corrected chi connectivity index (χ1v) is 12.5. The van der Waals surface area contributed by atoms with Gasteiger partial charge in [-0.05, 0) is 62.1 Å². The Balaban J connectivity index is 1.74. The summed E-state index contributed by atoms with van der Waals surface area (Å²) >= 11 is 5.84. The monoisotopic (exact) mass is 542 g/mol. The van der Waals surface area contributed by atoms with Gasteiger partial charge in [-0.25, -0.2) is 4.98 Å². The van der Waals surface area contributed by atoms with Crippen molar-refractivity contribution < 1.29 is 23.3 Å². The summed E-state index contributed by atoms with van der Waals surface area (Å²) in [6.45, 7) is 0.111. The quantitative estimate of drug-likeness (QED) is 0.280. The molecule has 0 fully saturated rings. The summed E-state index contributed by atoms with van der Waals surface area (Å²) in [7, 11) is 3.21. The van der Waals surface area contributed by atoms with Gasteiger partial charge in [-0.15, -0.1) is 5.37 Å². The van der Waals surface area contributed by atoms with Crippen LogP contribution in [0.15, 0.2) is 60.8 Å². The average Bonchev–Trinajstić information content (AvgIpc) is 2.85. The standard InChI is InChI=1S/C25H25ClN5O5S/c1-31(2)14-23(32)30-37(35)15-16-4-6-17(7-5-16)24(33)28-21-10-9-19(36-3)12-20(21)25(34)29-22-11-8-18(26)13-27-22/h4-13,15H,14H2,1-3H3,(H,28,33)(H,27,29,34)(H,30,32,35)/q-1. The highest BCUT2D eigenvalue weighted by molar-refractivity contribution is 7.82. The third kappa shape index (κ3) is 8.31. The van der Waals surface area contributed by atoms with E-state index in [4.69, 9.17) is 16.3 Å². The molecule has 1 heterocycles. The predicted molar refractivity (Wildman–Crippen MR) is 145 cm³/mol. The number of hydrogen-bond acceptors (Lipinski definition) is 8. The molecule has 3 N–H and O–H groups in total. The molecule has 0 aliphatic carbocycles. The number of nitrogens with zero attached hydrogens (tertiary/aromatic N) is 2. The fourth-order valence-electron chi connectivity index (χ4n) is 3.07. The molecule has 10 nitrogen and oxygen atoms in total. The molecule has 0 saturated carbocycles. The van der Waals surface area contributed by atoms with Crippen LogP contribution in [0.1, 0.15) is 26.3 Å². The van der Waals surface area contributed by atoms with Crippen LogP contribution in [0.3, 0.4) is 0 Å². The first-order chi connectivity index (χ1) is 17.6. The van der Waals surface area contributed by atoms with Crippen molar-refractivity contribution in [1.29, 1.82) is 0 Å². The van der Waals surface area contributed by atoms with Gasteiger partial charge in [0.15, 0.2) is 0 Å². The number of anilines is 2. The third-order valence-electron chi connectivity index (χ3n) is 4.78. The second-order valence-electron chi connectivity index (χ2n) is 7.98. The molecular weight excluding hydrogens is 518 g/mol. The number of hydrogen-bond donors (Lipinski definition) is 3. The molecule has 3 rings (SSSR count). The molecule has 0 aliphatic rings. The minimum atomic E-state index is -1.72. The number of aromatic nitrogens is 1. The lowest BCUT2D eigenvalue weighted by molar-refractivity contribution is -0.119. The van der Waals surface area contributed by atoms with Crippen molar-refractivity contribution in [3.05, 3.63) is 82.5 Å². The highest BCUT2D eigenvalue weighted by atomic mass is 35.5. The van der Waals surface area contributed by atoms with Gasteiger partial charge in [0.25, 0.3) is 11.8 Å². The number of benzene rings is 2. The summed E-state index contributed by atoms with van der Waals surface area (Å²) < 4.78 is 19.7. The Bertz CT molecular complexity index is 1370. The van der Waals surface area contributed by atoms with E-state index in [9.17, 15) is 18.6 Å². The summed E-state index contributed by atoms with van der Waals surface area (Å²) in [5, 5.41) is 7.18. The number of likely N-dealkylation sites (N-methyl/N-ethyl adjacent to an activating group) is 1. The van der Waals surface area contributed by atoms with Crippen LogP contribution < -0.4 is 20.1 Å². The van der Waals surface area contributed by atoms with Crippen molar-refractivity contribution in [3.63, 3.8) is 0 Å². The Morgan fingerprint density at radius 1 is 1.03 bits per heavy atom. The normalized spacial score (nSPS) is 11.6. The Hall–Kier alpha value is -3.93. The van der Waals surface area contributed by atoms with E-state index >= 15 is 0 Å². The van der Waals surface area contributed by atoms with E-state index in [1.165, 1.54) is 24.7 Å². The fraction of sp³-hybridized carbons (Fsp3) is 0.160. The van der Waals surface area contributed by atoms with Gasteiger partial charge in [0.2, 0.25) is 5.91 Å². The van der Waals surface area contributed by atoms with Crippen molar-refractivity contribution in [1.82, 2.24) is 14.6 Å². The van der Waals surface area contributed by atoms with Crippen molar-refractivity contribution in [2.45, 2.75) is 0 Å². The maximum Gasteiger partial charge on any atom is 0.259 e. The van der Waals surface area contributed by atoms with E-state index in [1.54, 1.807) is 67.5 Å². The minimum Gasteiger partial charge on any atom is -0.497 e. The largest absolute Gasteiger partial charge is 0.497 e. The highest BCUT2D eigenvalue weighted by Gasteiger charge is 2.16. The van der Waals surface area contributed by atoms with Crippen LogP contribution in [-0.4, -0.2) is 60.7 Å². The molecule has 0 atom stereocenters. The molecule has 0 unspecified atom stereocenters. The van der Waals surface area contributed by atoms with Crippen LogP contribution in [0.25, 0.3) is 0 Å². The zero-order valence-corrected chi connectivity index (χ0v) is 21.9. The van der Waals surface area contributed by atoms with Gasteiger partial charge < -0.3 is 29.2 Å². The fourth-order valence-corrected chi connectivity index (χ4v) is 3.94. The van der Waals surface area contributed by atoms with Crippen molar-refractivity contribution in [2.24, 2.45) is 0 Å². The summed E-state index contributed by atoms with van der Waals surface area (Å²) in [6.07, 6.45) is 1.40. The summed E-state index contributed by atoms with van der Waals surface area (Å²) in [4.78, 5) is 43.3. The number of halogens is 1. The first kappa shape index (κ1) is 27.7. The van der Waals surface area contributed by atoms with Gasteiger partial charge in [-0.3, -0.25) is 14.4 Å². The number of pyridine rings is 1. The summed E-state index contributed by atoms with van der Waals surface area (Å²) in [5.41, 5.74) is 1.29. The molecule has 3 amide bonds. The highest BCUT2D eigenvalue weighted by Crippen LogP contribution is 2.24. The maximum atomic E-state index is 12.9. The second-order valence-corrected chi connectivity index (χ2v) is 9.45. The minimum absolute atomic E-state index is 0.111. The van der Waals surface area contributed by atoms with Gasteiger partial charge in [-0.1, -0.05) is 23.7 Å². The van der Waals surface area contributed by atoms with Crippen LogP contribution in [0, 0.1) is 0 Å². The molecule has 1 aromatic heterocycles. The number of ether oxygens (including phenoxy) is 1. The van der Waals surface area contributed by atoms with Gasteiger partial charge in [0.1, 0.15) is 11.6 Å². The smallest absolute Gasteiger partial charge is 0.259 e. The molecule has 0 bridgehead atoms. The number of methoxy groups -OCH3 is 1. The van der Waals surface area contributed by atoms with Gasteiger partial charge in [0, 0.05) is 11.8 Å². The van der Waals surface area contributed by atoms with E-state index in [2.05, 4.69) is 20.3 Å². The molecule has 3 aromatic rings. The van der Waals surface area contributed by atoms with Crippen LogP contribution in [-0.2, 0) is 19.6 Å². The maximum absolute atomic E-state index is 12.9. The lowest BCUT2D eigenvalue weighted by Crippen LogP contribution is -2.32. The second kappa shape index (κ2) is 12.9. The van der Waals surface area contributed by atoms with Crippen LogP contribution >= 0.6 is 11.6 Å². The lowest BCUT2D eigenvalue weighted by Gasteiger charge is -2.14. The topological polar surface area (TPSA) is 130 Å². The molecule has 0 aliphatic heterocycles. The number of carbonyl (C=O) groups excluding carboxylic acids is 3. The molecule has 2 aromatic carbocycles. The van der Waals surface area contributed by atoms with Crippen LogP contribution in [0.5, 0.6) is 5.75 Å². The van der Waals surface area contributed by atoms with E-state index in [-0.39, 0.29) is 29.5 Å². The average molecular weight is 543 g/mol. The molecule has 0 spiro atoms. The molecule has 194 valence electrons. The first-order valence-electron chi connectivity index (χ1n) is 10.9. The Kier molecular flexibility index (Phi) is 9.61. The lowest BCUT2D eigenvalue weighted by atomic mass is 10.1. The van der Waals surface area contributed by atoms with Gasteiger partial charge in [-0.2, -0.15) is 10.6 Å². The van der Waals surface area contributed by atoms with Gasteiger partial charge >= 0.3 is 0 Å². The van der Waals surface area contributed by atoms with E-state index in [1.807, 2.05) is 0 Å². The van der Waals surface area contributed by atoms with E-state index < -0.39 is 22.4 Å². The molecule has 37 heavy (non-hydrogen) atoms. The number of nitrogens with one attached hydrogen (secondary N) is 3. The summed E-state index contributed by atoms with van der Waals surface area (Å²) in [5.74, 6) is -0.625. The Morgan fingerprint density at radius 2 is 1.76 bits per heavy atom. The molecule has 0 radical (unpaired) electrons.